The average molecular weight is 395 g/mol. The van der Waals surface area contributed by atoms with Gasteiger partial charge in [-0.3, -0.25) is 10.1 Å². The van der Waals surface area contributed by atoms with Crippen molar-refractivity contribution in [3.8, 4) is 11.5 Å². The van der Waals surface area contributed by atoms with Gasteiger partial charge in [-0.2, -0.15) is 0 Å². The molecule has 2 aromatic carbocycles. The standard InChI is InChI=1S/C17H19BrN2O4/c1-3-23-16-10-12(9-15(18)17(16)24-4-2)11-19-13-5-7-14(8-6-13)20(21)22/h5-10,19H,3-4,11H2,1-2H3. The number of anilines is 1. The zero-order chi connectivity index (χ0) is 17.5. The van der Waals surface area contributed by atoms with Crippen molar-refractivity contribution in [1.82, 2.24) is 0 Å². The van der Waals surface area contributed by atoms with Crippen LogP contribution in [0.15, 0.2) is 40.9 Å². The van der Waals surface area contributed by atoms with Gasteiger partial charge in [0.15, 0.2) is 11.5 Å². The van der Waals surface area contributed by atoms with Crippen LogP contribution in [0.2, 0.25) is 0 Å². The Morgan fingerprint density at radius 2 is 1.79 bits per heavy atom. The number of nitrogens with zero attached hydrogens (tertiary/aromatic N) is 1. The van der Waals surface area contributed by atoms with Crippen LogP contribution in [0.4, 0.5) is 11.4 Å². The molecule has 0 bridgehead atoms. The van der Waals surface area contributed by atoms with Crippen molar-refractivity contribution < 1.29 is 14.4 Å². The number of halogens is 1. The number of ether oxygens (including phenoxy) is 2. The fraction of sp³-hybridized carbons (Fsp3) is 0.294. The molecule has 0 heterocycles. The molecular weight excluding hydrogens is 376 g/mol. The molecule has 0 saturated carbocycles. The first-order valence-electron chi connectivity index (χ1n) is 7.61. The van der Waals surface area contributed by atoms with Crippen molar-refractivity contribution in [2.75, 3.05) is 18.5 Å². The summed E-state index contributed by atoms with van der Waals surface area (Å²) < 4.78 is 12.1. The van der Waals surface area contributed by atoms with Gasteiger partial charge in [0.2, 0.25) is 0 Å². The predicted octanol–water partition coefficient (Wildman–Crippen LogP) is 4.77. The molecule has 7 heteroatoms. The highest BCUT2D eigenvalue weighted by atomic mass is 79.9. The van der Waals surface area contributed by atoms with Crippen LogP contribution >= 0.6 is 15.9 Å². The van der Waals surface area contributed by atoms with Crippen LogP contribution in [0.3, 0.4) is 0 Å². The number of hydrogen-bond donors (Lipinski definition) is 1. The van der Waals surface area contributed by atoms with Gasteiger partial charge in [-0.05, 0) is 59.6 Å². The molecule has 0 amide bonds. The number of benzene rings is 2. The van der Waals surface area contributed by atoms with Gasteiger partial charge in [0.1, 0.15) is 0 Å². The van der Waals surface area contributed by atoms with Crippen LogP contribution in [0, 0.1) is 10.1 Å². The molecule has 0 atom stereocenters. The average Bonchev–Trinajstić information content (AvgIpc) is 2.56. The van der Waals surface area contributed by atoms with Crippen molar-refractivity contribution in [1.29, 1.82) is 0 Å². The second kappa shape index (κ2) is 8.54. The summed E-state index contributed by atoms with van der Waals surface area (Å²) >= 11 is 3.51. The summed E-state index contributed by atoms with van der Waals surface area (Å²) in [6.45, 7) is 5.51. The number of non-ortho nitro benzene ring substituents is 1. The highest BCUT2D eigenvalue weighted by Gasteiger charge is 2.12. The summed E-state index contributed by atoms with van der Waals surface area (Å²) in [5, 5.41) is 13.9. The Morgan fingerprint density at radius 3 is 2.38 bits per heavy atom. The summed E-state index contributed by atoms with van der Waals surface area (Å²) in [7, 11) is 0. The van der Waals surface area contributed by atoms with Gasteiger partial charge in [0.25, 0.3) is 5.69 Å². The molecule has 128 valence electrons. The van der Waals surface area contributed by atoms with E-state index in [1.54, 1.807) is 12.1 Å². The zero-order valence-corrected chi connectivity index (χ0v) is 15.1. The maximum atomic E-state index is 10.7. The first-order valence-corrected chi connectivity index (χ1v) is 8.40. The van der Waals surface area contributed by atoms with Crippen molar-refractivity contribution in [3.63, 3.8) is 0 Å². The lowest BCUT2D eigenvalue weighted by Gasteiger charge is -2.15. The molecule has 6 nitrogen and oxygen atoms in total. The summed E-state index contributed by atoms with van der Waals surface area (Å²) in [5.41, 5.74) is 1.89. The number of nitro benzene ring substituents is 1. The van der Waals surface area contributed by atoms with E-state index >= 15 is 0 Å². The minimum absolute atomic E-state index is 0.0722. The van der Waals surface area contributed by atoms with E-state index in [0.29, 0.717) is 31.3 Å². The monoisotopic (exact) mass is 394 g/mol. The van der Waals surface area contributed by atoms with Gasteiger partial charge in [0.05, 0.1) is 22.6 Å². The number of rotatable bonds is 8. The van der Waals surface area contributed by atoms with Crippen molar-refractivity contribution >= 4 is 27.3 Å². The van der Waals surface area contributed by atoms with E-state index in [1.807, 2.05) is 26.0 Å². The molecule has 2 aromatic rings. The van der Waals surface area contributed by atoms with Crippen LogP contribution in [-0.4, -0.2) is 18.1 Å². The molecule has 0 unspecified atom stereocenters. The predicted molar refractivity (Wildman–Crippen MR) is 96.9 cm³/mol. The maximum Gasteiger partial charge on any atom is 0.269 e. The van der Waals surface area contributed by atoms with Gasteiger partial charge in [0, 0.05) is 24.4 Å². The van der Waals surface area contributed by atoms with E-state index in [4.69, 9.17) is 9.47 Å². The first-order chi connectivity index (χ1) is 11.5. The maximum absolute atomic E-state index is 10.7. The molecule has 0 aliphatic heterocycles. The van der Waals surface area contributed by atoms with E-state index in [1.165, 1.54) is 12.1 Å². The second-order valence-electron chi connectivity index (χ2n) is 4.93. The molecule has 0 aliphatic carbocycles. The van der Waals surface area contributed by atoms with Gasteiger partial charge >= 0.3 is 0 Å². The van der Waals surface area contributed by atoms with E-state index in [2.05, 4.69) is 21.2 Å². The summed E-state index contributed by atoms with van der Waals surface area (Å²) in [6.07, 6.45) is 0. The minimum Gasteiger partial charge on any atom is -0.490 e. The molecule has 1 N–H and O–H groups in total. The van der Waals surface area contributed by atoms with Crippen molar-refractivity contribution in [3.05, 3.63) is 56.5 Å². The van der Waals surface area contributed by atoms with Gasteiger partial charge in [-0.15, -0.1) is 0 Å². The highest BCUT2D eigenvalue weighted by molar-refractivity contribution is 9.10. The van der Waals surface area contributed by atoms with E-state index in [-0.39, 0.29) is 5.69 Å². The van der Waals surface area contributed by atoms with Crippen LogP contribution in [0.25, 0.3) is 0 Å². The molecule has 24 heavy (non-hydrogen) atoms. The third-order valence-corrected chi connectivity index (χ3v) is 3.82. The lowest BCUT2D eigenvalue weighted by Crippen LogP contribution is -2.03. The normalized spacial score (nSPS) is 10.3. The molecule has 2 rings (SSSR count). The fourth-order valence-corrected chi connectivity index (χ4v) is 2.78. The van der Waals surface area contributed by atoms with Gasteiger partial charge < -0.3 is 14.8 Å². The second-order valence-corrected chi connectivity index (χ2v) is 5.78. The van der Waals surface area contributed by atoms with Gasteiger partial charge in [-0.1, -0.05) is 0 Å². The summed E-state index contributed by atoms with van der Waals surface area (Å²) in [4.78, 5) is 10.3. The molecule has 0 aromatic heterocycles. The Labute approximate surface area is 149 Å². The third-order valence-electron chi connectivity index (χ3n) is 3.23. The quantitative estimate of drug-likeness (QED) is 0.515. The lowest BCUT2D eigenvalue weighted by atomic mass is 10.2. The van der Waals surface area contributed by atoms with E-state index < -0.39 is 4.92 Å². The zero-order valence-electron chi connectivity index (χ0n) is 13.5. The summed E-state index contributed by atoms with van der Waals surface area (Å²) in [6, 6.07) is 10.2. The Kier molecular flexibility index (Phi) is 6.43. The van der Waals surface area contributed by atoms with Crippen LogP contribution in [0.5, 0.6) is 11.5 Å². The first kappa shape index (κ1) is 18.1. The SMILES string of the molecule is CCOc1cc(CNc2ccc([N+](=O)[O-])cc2)cc(Br)c1OCC. The summed E-state index contributed by atoms with van der Waals surface area (Å²) in [5.74, 6) is 1.38. The lowest BCUT2D eigenvalue weighted by molar-refractivity contribution is -0.384. The molecular formula is C17H19BrN2O4. The third kappa shape index (κ3) is 4.61. The molecule has 0 aliphatic rings. The number of nitro groups is 1. The minimum atomic E-state index is -0.415. The molecule has 0 fully saturated rings. The van der Waals surface area contributed by atoms with Crippen molar-refractivity contribution in [2.24, 2.45) is 0 Å². The topological polar surface area (TPSA) is 73.6 Å². The van der Waals surface area contributed by atoms with E-state index in [0.717, 1.165) is 15.7 Å². The number of hydrogen-bond acceptors (Lipinski definition) is 5. The molecule has 0 spiro atoms. The Balaban J connectivity index is 2.12. The van der Waals surface area contributed by atoms with Crippen LogP contribution in [0.1, 0.15) is 19.4 Å². The Bertz CT molecular complexity index is 704. The highest BCUT2D eigenvalue weighted by Crippen LogP contribution is 2.37. The largest absolute Gasteiger partial charge is 0.490 e. The Morgan fingerprint density at radius 1 is 1.12 bits per heavy atom. The smallest absolute Gasteiger partial charge is 0.269 e. The van der Waals surface area contributed by atoms with Crippen LogP contribution in [-0.2, 0) is 6.54 Å². The van der Waals surface area contributed by atoms with E-state index in [9.17, 15) is 10.1 Å². The van der Waals surface area contributed by atoms with Crippen LogP contribution < -0.4 is 14.8 Å². The molecule has 0 radical (unpaired) electrons. The Hall–Kier alpha value is -2.28. The molecule has 0 saturated heterocycles. The number of nitrogens with one attached hydrogen (secondary N) is 1. The van der Waals surface area contributed by atoms with Gasteiger partial charge in [-0.25, -0.2) is 0 Å². The van der Waals surface area contributed by atoms with Crippen molar-refractivity contribution in [2.45, 2.75) is 20.4 Å². The fourth-order valence-electron chi connectivity index (χ4n) is 2.18.